The third kappa shape index (κ3) is 5.56. The van der Waals surface area contributed by atoms with Crippen molar-refractivity contribution in [1.82, 2.24) is 9.88 Å². The van der Waals surface area contributed by atoms with Gasteiger partial charge in [0.25, 0.3) is 10.0 Å². The number of piperazine rings is 1. The van der Waals surface area contributed by atoms with E-state index in [1.165, 1.54) is 16.9 Å². The van der Waals surface area contributed by atoms with E-state index in [-0.39, 0.29) is 16.8 Å². The van der Waals surface area contributed by atoms with Crippen LogP contribution in [0.15, 0.2) is 52.7 Å². The molecular weight excluding hydrogens is 530 g/mol. The first-order valence-corrected chi connectivity index (χ1v) is 15.1. The number of aryl methyl sites for hydroxylation is 2. The summed E-state index contributed by atoms with van der Waals surface area (Å²) in [6, 6.07) is 12.5. The monoisotopic (exact) mass is 559 g/mol. The minimum Gasteiger partial charge on any atom is -0.368 e. The lowest BCUT2D eigenvalue weighted by Crippen LogP contribution is -2.55. The van der Waals surface area contributed by atoms with Crippen molar-refractivity contribution in [2.45, 2.75) is 37.6 Å². The lowest BCUT2D eigenvalue weighted by Gasteiger charge is -2.41. The van der Waals surface area contributed by atoms with E-state index in [1.807, 2.05) is 49.1 Å². The van der Waals surface area contributed by atoms with Crippen LogP contribution < -0.4 is 14.5 Å². The highest BCUT2D eigenvalue weighted by Crippen LogP contribution is 2.31. The summed E-state index contributed by atoms with van der Waals surface area (Å²) in [6.45, 7) is 7.28. The predicted octanol–water partition coefficient (Wildman–Crippen LogP) is 4.40. The Labute approximate surface area is 226 Å². The van der Waals surface area contributed by atoms with E-state index in [0.29, 0.717) is 31.3 Å². The van der Waals surface area contributed by atoms with E-state index >= 15 is 0 Å². The lowest BCUT2D eigenvalue weighted by atomic mass is 10.00. The Bertz CT molecular complexity index is 1390. The molecule has 1 amide bonds. The molecule has 2 aliphatic heterocycles. The molecule has 8 nitrogen and oxygen atoms in total. The number of thiazole rings is 1. The van der Waals surface area contributed by atoms with Gasteiger partial charge >= 0.3 is 0 Å². The van der Waals surface area contributed by atoms with Crippen molar-refractivity contribution < 1.29 is 13.2 Å². The number of nitrogens with zero attached hydrogens (tertiary/aromatic N) is 4. The Kier molecular flexibility index (Phi) is 7.33. The number of fused-ring (bicyclic) bond motifs is 1. The first kappa shape index (κ1) is 25.8. The molecule has 11 heteroatoms. The van der Waals surface area contributed by atoms with Crippen LogP contribution in [0.1, 0.15) is 24.6 Å². The molecule has 0 saturated carbocycles. The fraction of sp³-hybridized carbons (Fsp3) is 0.385. The number of sulfonamides is 1. The van der Waals surface area contributed by atoms with Crippen LogP contribution >= 0.6 is 22.9 Å². The summed E-state index contributed by atoms with van der Waals surface area (Å²) in [5.41, 5.74) is 4.01. The molecule has 0 radical (unpaired) electrons. The summed E-state index contributed by atoms with van der Waals surface area (Å²) in [5.74, 6) is 0.132. The van der Waals surface area contributed by atoms with Crippen LogP contribution in [-0.2, 0) is 21.2 Å². The molecule has 1 fully saturated rings. The van der Waals surface area contributed by atoms with Crippen molar-refractivity contribution >= 4 is 55.4 Å². The van der Waals surface area contributed by atoms with Crippen molar-refractivity contribution in [1.29, 1.82) is 0 Å². The fourth-order valence-corrected chi connectivity index (χ4v) is 7.13. The number of halogens is 1. The first-order chi connectivity index (χ1) is 17.7. The normalized spacial score (nSPS) is 16.9. The summed E-state index contributed by atoms with van der Waals surface area (Å²) in [4.78, 5) is 24.1. The van der Waals surface area contributed by atoms with Crippen molar-refractivity contribution in [2.75, 3.05) is 47.2 Å². The van der Waals surface area contributed by atoms with E-state index in [9.17, 15) is 13.2 Å². The molecule has 0 aliphatic carbocycles. The minimum absolute atomic E-state index is 0.132. The predicted molar refractivity (Wildman–Crippen MR) is 149 cm³/mol. The molecule has 2 aliphatic rings. The fourth-order valence-electron chi connectivity index (χ4n) is 4.99. The first-order valence-electron chi connectivity index (χ1n) is 12.3. The Morgan fingerprint density at radius 1 is 1.08 bits per heavy atom. The summed E-state index contributed by atoms with van der Waals surface area (Å²) < 4.78 is 27.9. The largest absolute Gasteiger partial charge is 0.368 e. The number of hydrogen-bond acceptors (Lipinski definition) is 7. The van der Waals surface area contributed by atoms with Crippen LogP contribution in [0.5, 0.6) is 0 Å². The molecule has 1 N–H and O–H groups in total. The maximum absolute atomic E-state index is 13.4. The average molecular weight is 560 g/mol. The van der Waals surface area contributed by atoms with Gasteiger partial charge in [0.2, 0.25) is 5.91 Å². The van der Waals surface area contributed by atoms with Gasteiger partial charge in [-0.3, -0.25) is 9.52 Å². The second-order valence-corrected chi connectivity index (χ2v) is 12.4. The van der Waals surface area contributed by atoms with Crippen molar-refractivity contribution in [3.8, 4) is 0 Å². The van der Waals surface area contributed by atoms with Crippen LogP contribution in [0.3, 0.4) is 0 Å². The van der Waals surface area contributed by atoms with Gasteiger partial charge in [-0.15, -0.1) is 11.3 Å². The van der Waals surface area contributed by atoms with Crippen LogP contribution in [0.25, 0.3) is 0 Å². The molecule has 196 valence electrons. The molecule has 2 aromatic carbocycles. The molecule has 0 spiro atoms. The molecule has 5 rings (SSSR count). The molecule has 3 heterocycles. The number of benzene rings is 2. The molecular formula is C26H30ClN5O3S2. The second-order valence-electron chi connectivity index (χ2n) is 9.45. The topological polar surface area (TPSA) is 85.8 Å². The zero-order chi connectivity index (χ0) is 26.2. The number of aromatic nitrogens is 1. The number of rotatable bonds is 6. The van der Waals surface area contributed by atoms with Gasteiger partial charge in [-0.1, -0.05) is 11.6 Å². The number of amides is 1. The second kappa shape index (κ2) is 10.5. The summed E-state index contributed by atoms with van der Waals surface area (Å²) >= 11 is 7.44. The lowest BCUT2D eigenvalue weighted by molar-refractivity contribution is -0.132. The van der Waals surface area contributed by atoms with Crippen molar-refractivity contribution in [3.05, 3.63) is 64.1 Å². The van der Waals surface area contributed by atoms with E-state index in [1.54, 1.807) is 17.5 Å². The molecule has 0 bridgehead atoms. The maximum atomic E-state index is 13.4. The highest BCUT2D eigenvalue weighted by Gasteiger charge is 2.31. The SMILES string of the molecule is Cc1csc(NS(=O)(=O)c2ccc(N3CCN(C(=O)[C@H](C)N4CCCc5cc(Cl)ccc54)CC3)cc2)n1. The molecule has 37 heavy (non-hydrogen) atoms. The van der Waals surface area contributed by atoms with Crippen LogP contribution in [0.4, 0.5) is 16.5 Å². The van der Waals surface area contributed by atoms with E-state index < -0.39 is 10.0 Å². The van der Waals surface area contributed by atoms with Crippen molar-refractivity contribution in [3.63, 3.8) is 0 Å². The average Bonchev–Trinajstić information content (AvgIpc) is 3.31. The summed E-state index contributed by atoms with van der Waals surface area (Å²) in [6.07, 6.45) is 1.98. The number of carbonyl (C=O) groups excluding carboxylic acids is 1. The maximum Gasteiger partial charge on any atom is 0.263 e. The smallest absolute Gasteiger partial charge is 0.263 e. The summed E-state index contributed by atoms with van der Waals surface area (Å²) in [5, 5.41) is 2.88. The van der Waals surface area contributed by atoms with E-state index in [2.05, 4.69) is 19.5 Å². The molecule has 1 saturated heterocycles. The zero-order valence-electron chi connectivity index (χ0n) is 20.9. The van der Waals surface area contributed by atoms with Gasteiger partial charge in [-0.25, -0.2) is 13.4 Å². The molecule has 3 aromatic rings. The van der Waals surface area contributed by atoms with Gasteiger partial charge in [0.1, 0.15) is 6.04 Å². The number of nitrogens with one attached hydrogen (secondary N) is 1. The van der Waals surface area contributed by atoms with Gasteiger partial charge in [-0.05, 0) is 74.7 Å². The van der Waals surface area contributed by atoms with Crippen LogP contribution in [0.2, 0.25) is 5.02 Å². The molecule has 0 unspecified atom stereocenters. The van der Waals surface area contributed by atoms with Gasteiger partial charge < -0.3 is 14.7 Å². The van der Waals surface area contributed by atoms with Gasteiger partial charge in [-0.2, -0.15) is 0 Å². The highest BCUT2D eigenvalue weighted by atomic mass is 35.5. The standard InChI is InChI=1S/C26H30ClN5O3S2/c1-18-17-36-26(28-18)29-37(34,35)23-8-6-22(7-9-23)30-12-14-31(15-13-30)25(33)19(2)32-11-3-4-20-16-21(27)5-10-24(20)32/h5-10,16-17,19H,3-4,11-15H2,1-2H3,(H,28,29)/t19-/m0/s1. The Morgan fingerprint density at radius 2 is 1.81 bits per heavy atom. The minimum atomic E-state index is -3.70. The number of anilines is 3. The van der Waals surface area contributed by atoms with Gasteiger partial charge in [0.15, 0.2) is 5.13 Å². The molecule has 1 atom stereocenters. The summed E-state index contributed by atoms with van der Waals surface area (Å²) in [7, 11) is -3.70. The number of carbonyl (C=O) groups is 1. The van der Waals surface area contributed by atoms with Gasteiger partial charge in [0, 0.05) is 54.5 Å². The third-order valence-electron chi connectivity index (χ3n) is 6.97. The van der Waals surface area contributed by atoms with Crippen molar-refractivity contribution in [2.24, 2.45) is 0 Å². The third-order valence-corrected chi connectivity index (χ3v) is 9.56. The van der Waals surface area contributed by atoms with E-state index in [4.69, 9.17) is 11.6 Å². The molecule has 1 aromatic heterocycles. The number of hydrogen-bond donors (Lipinski definition) is 1. The Hall–Kier alpha value is -2.82. The Balaban J connectivity index is 1.19. The van der Waals surface area contributed by atoms with Gasteiger partial charge in [0.05, 0.1) is 10.6 Å². The van der Waals surface area contributed by atoms with Crippen LogP contribution in [-0.4, -0.2) is 63.0 Å². The van der Waals surface area contributed by atoms with E-state index in [0.717, 1.165) is 41.5 Å². The Morgan fingerprint density at radius 3 is 2.49 bits per heavy atom. The quantitative estimate of drug-likeness (QED) is 0.482. The van der Waals surface area contributed by atoms with Crippen LogP contribution in [0, 0.1) is 6.92 Å². The zero-order valence-corrected chi connectivity index (χ0v) is 23.2. The highest BCUT2D eigenvalue weighted by molar-refractivity contribution is 7.93.